The van der Waals surface area contributed by atoms with E-state index >= 15 is 0 Å². The Bertz CT molecular complexity index is 1080. The fourth-order valence-electron chi connectivity index (χ4n) is 5.11. The molecule has 4 rings (SSSR count). The molecule has 0 atom stereocenters. The first-order valence-corrected chi connectivity index (χ1v) is 15.3. The van der Waals surface area contributed by atoms with Gasteiger partial charge in [0.15, 0.2) is 0 Å². The van der Waals surface area contributed by atoms with Gasteiger partial charge in [-0.2, -0.15) is 0 Å². The number of methoxy groups -OCH3 is 1. The van der Waals surface area contributed by atoms with Gasteiger partial charge in [-0.3, -0.25) is 0 Å². The van der Waals surface area contributed by atoms with Crippen molar-refractivity contribution in [3.63, 3.8) is 0 Å². The average molecular weight is 573 g/mol. The van der Waals surface area contributed by atoms with Gasteiger partial charge >= 0.3 is 12.0 Å². The second-order valence-electron chi connectivity index (χ2n) is 10.4. The van der Waals surface area contributed by atoms with Crippen molar-refractivity contribution in [2.24, 2.45) is 5.92 Å². The number of unbranched alkanes of at least 4 members (excludes halogenated alkanes) is 3. The summed E-state index contributed by atoms with van der Waals surface area (Å²) in [6.07, 6.45) is 13.2. The van der Waals surface area contributed by atoms with Gasteiger partial charge in [0.1, 0.15) is 5.75 Å². The summed E-state index contributed by atoms with van der Waals surface area (Å²) in [6.45, 7) is 3.78. The van der Waals surface area contributed by atoms with Gasteiger partial charge in [-0.1, -0.05) is 50.5 Å². The lowest BCUT2D eigenvalue weighted by molar-refractivity contribution is -2.00. The highest BCUT2D eigenvalue weighted by Gasteiger charge is 2.23. The summed E-state index contributed by atoms with van der Waals surface area (Å²) in [4.78, 5) is 0. The van der Waals surface area contributed by atoms with Crippen LogP contribution in [0.4, 0.5) is 0 Å². The number of rotatable bonds is 12. The lowest BCUT2D eigenvalue weighted by atomic mass is 9.79. The van der Waals surface area contributed by atoms with Crippen LogP contribution in [0.5, 0.6) is 5.75 Å². The predicted octanol–water partition coefficient (Wildman–Crippen LogP) is 4.09. The monoisotopic (exact) mass is 572 g/mol. The smallest absolute Gasteiger partial charge is 0.359 e. The minimum Gasteiger partial charge on any atom is -0.497 e. The van der Waals surface area contributed by atoms with Crippen LogP contribution in [0, 0.1) is 16.2 Å². The zero-order valence-electron chi connectivity index (χ0n) is 23.5. The number of hydrogen-bond donors (Lipinski definition) is 0. The molecule has 0 aliphatic heterocycles. The van der Waals surface area contributed by atoms with Crippen LogP contribution in [0.15, 0.2) is 71.3 Å². The van der Waals surface area contributed by atoms with Gasteiger partial charge < -0.3 is 9.47 Å². The van der Waals surface area contributed by atoms with Crippen molar-refractivity contribution in [1.82, 2.24) is 0 Å². The summed E-state index contributed by atoms with van der Waals surface area (Å²) in [5.74, 6) is 3.17. The minimum atomic E-state index is -4.94. The van der Waals surface area contributed by atoms with Crippen LogP contribution < -0.4 is 23.4 Å². The normalized spacial score (nSPS) is 17.1. The molecule has 1 aliphatic carbocycles. The molecule has 7 nitrogen and oxygen atoms in total. The molecule has 2 aromatic carbocycles. The molecule has 1 fully saturated rings. The van der Waals surface area contributed by atoms with Gasteiger partial charge in [0.2, 0.25) is 0 Å². The van der Waals surface area contributed by atoms with Crippen LogP contribution >= 0.6 is 0 Å². The third-order valence-corrected chi connectivity index (χ3v) is 7.40. The molecule has 1 aliphatic rings. The van der Waals surface area contributed by atoms with Crippen molar-refractivity contribution in [3.05, 3.63) is 83.6 Å². The summed E-state index contributed by atoms with van der Waals surface area (Å²) < 4.78 is 51.2. The van der Waals surface area contributed by atoms with Crippen LogP contribution in [0.1, 0.15) is 80.9 Å². The molecule has 1 saturated carbocycles. The molecule has 1 heterocycles. The predicted molar refractivity (Wildman–Crippen MR) is 144 cm³/mol. The lowest BCUT2D eigenvalue weighted by Crippen LogP contribution is -2.68. The van der Waals surface area contributed by atoms with Gasteiger partial charge in [-0.15, -0.1) is 10.2 Å². The number of aryl methyl sites for hydroxylation is 1. The Morgan fingerprint density at radius 2 is 1.45 bits per heavy atom. The van der Waals surface area contributed by atoms with E-state index in [4.69, 9.17) is 32.5 Å². The maximum atomic E-state index is 8.49. The average Bonchev–Trinajstić information content (AvgIpc) is 2.96. The summed E-state index contributed by atoms with van der Waals surface area (Å²) in [6, 6.07) is 21.5. The first kappa shape index (κ1) is 32.0. The highest BCUT2D eigenvalue weighted by molar-refractivity contribution is 5.57. The molecular weight excluding hydrogens is 532 g/mol. The van der Waals surface area contributed by atoms with E-state index in [1.165, 1.54) is 68.1 Å². The van der Waals surface area contributed by atoms with E-state index in [1.54, 1.807) is 7.11 Å². The number of halogens is 1. The summed E-state index contributed by atoms with van der Waals surface area (Å²) in [5, 5.41) is 0. The van der Waals surface area contributed by atoms with Crippen molar-refractivity contribution in [2.45, 2.75) is 77.2 Å². The molecule has 8 heteroatoms. The fraction of sp³-hybridized carbons (Fsp3) is 0.469. The Hall–Kier alpha value is -2.52. The lowest BCUT2D eigenvalue weighted by Gasteiger charge is -2.28. The van der Waals surface area contributed by atoms with E-state index in [0.29, 0.717) is 18.4 Å². The van der Waals surface area contributed by atoms with Crippen molar-refractivity contribution in [3.8, 4) is 17.1 Å². The van der Waals surface area contributed by atoms with Crippen molar-refractivity contribution >= 4 is 0 Å². The molecule has 0 radical (unpaired) electrons. The van der Waals surface area contributed by atoms with E-state index < -0.39 is 10.2 Å². The van der Waals surface area contributed by atoms with Crippen LogP contribution in [0.2, 0.25) is 0 Å². The first-order valence-electron chi connectivity index (χ1n) is 14.1. The molecule has 1 aromatic heterocycles. The number of ether oxygens (including phenoxy) is 2. The highest BCUT2D eigenvalue weighted by Crippen LogP contribution is 2.36. The third-order valence-electron chi connectivity index (χ3n) is 7.40. The van der Waals surface area contributed by atoms with Crippen LogP contribution in [0.25, 0.3) is 11.3 Å². The second-order valence-corrected chi connectivity index (χ2v) is 11.2. The summed E-state index contributed by atoms with van der Waals surface area (Å²) >= 11 is 0. The fourth-order valence-corrected chi connectivity index (χ4v) is 5.11. The number of hydrogen-bond acceptors (Lipinski definition) is 6. The Kier molecular flexibility index (Phi) is 13.3. The zero-order valence-corrected chi connectivity index (χ0v) is 24.3. The van der Waals surface area contributed by atoms with Crippen LogP contribution in [0.3, 0.4) is 0 Å². The molecular formula is C32H41ClO7. The molecule has 0 amide bonds. The molecule has 0 saturated heterocycles. The van der Waals surface area contributed by atoms with Crippen LogP contribution in [-0.2, 0) is 17.8 Å². The summed E-state index contributed by atoms with van der Waals surface area (Å²) in [7, 11) is -3.25. The highest BCUT2D eigenvalue weighted by atomic mass is 35.7. The molecule has 0 unspecified atom stereocenters. The van der Waals surface area contributed by atoms with Crippen LogP contribution in [-0.4, -0.2) is 13.7 Å². The van der Waals surface area contributed by atoms with E-state index in [1.807, 2.05) is 18.4 Å². The number of benzene rings is 2. The third kappa shape index (κ3) is 11.9. The Morgan fingerprint density at radius 1 is 0.800 bits per heavy atom. The van der Waals surface area contributed by atoms with Crippen molar-refractivity contribution in [1.29, 1.82) is 0 Å². The zero-order chi connectivity index (χ0) is 28.8. The van der Waals surface area contributed by atoms with E-state index in [9.17, 15) is 0 Å². The van der Waals surface area contributed by atoms with Gasteiger partial charge in [-0.05, 0) is 91.8 Å². The van der Waals surface area contributed by atoms with E-state index in [2.05, 4.69) is 55.5 Å². The Balaban J connectivity index is 0.000000810. The molecule has 0 bridgehead atoms. The van der Waals surface area contributed by atoms with Gasteiger partial charge in [0.25, 0.3) is 0 Å². The minimum absolute atomic E-state index is 0.657. The van der Waals surface area contributed by atoms with Gasteiger partial charge in [-0.25, -0.2) is 23.1 Å². The van der Waals surface area contributed by atoms with Gasteiger partial charge in [0.05, 0.1) is 19.3 Å². The Labute approximate surface area is 240 Å². The van der Waals surface area contributed by atoms with Crippen molar-refractivity contribution < 1.29 is 42.8 Å². The maximum Gasteiger partial charge on any atom is 0.359 e. The van der Waals surface area contributed by atoms with Gasteiger partial charge in [0, 0.05) is 18.2 Å². The molecule has 0 N–H and O–H groups in total. The first-order chi connectivity index (χ1) is 19.2. The SMILES string of the molecule is CCCCCCc1ccc(-c2ccc([C@H]3CC[C@H](COCc4ccc(OC)cc4)CC3)cc2)[o+]c1.[O-][Cl+3]([O-])([O-])[O-]. The quantitative estimate of drug-likeness (QED) is 0.236. The van der Waals surface area contributed by atoms with Crippen molar-refractivity contribution in [2.75, 3.05) is 13.7 Å². The van der Waals surface area contributed by atoms with E-state index in [-0.39, 0.29) is 0 Å². The standard InChI is InChI=1S/C32H41O3.ClHO4/c1-3-4-5-6-7-25-12-21-32(35-24-25)30-17-15-29(16-18-30)28-13-8-26(9-14-28)22-34-23-27-10-19-31(33-2)20-11-27;2-1(3,4)5/h10-12,15-21,24,26,28H,3-9,13-14,22-23H2,1-2H3;(H,2,3,4,5)/q+1;/p-1/t26-,28-;. The molecule has 0 spiro atoms. The topological polar surface area (TPSA) is 122 Å². The van der Waals surface area contributed by atoms with E-state index in [0.717, 1.165) is 30.1 Å². The molecule has 3 aromatic rings. The largest absolute Gasteiger partial charge is 0.497 e. The molecule has 40 heavy (non-hydrogen) atoms. The molecule has 218 valence electrons. The second kappa shape index (κ2) is 16.7. The summed E-state index contributed by atoms with van der Waals surface area (Å²) in [5.41, 5.74) is 5.12. The Morgan fingerprint density at radius 3 is 2.02 bits per heavy atom. The maximum absolute atomic E-state index is 8.49.